The lowest BCUT2D eigenvalue weighted by atomic mass is 9.82. The minimum Gasteiger partial charge on any atom is -0.208 e. The van der Waals surface area contributed by atoms with Crippen LogP contribution in [0.25, 0.3) is 129 Å². The van der Waals surface area contributed by atoms with Gasteiger partial charge in [-0.25, -0.2) is 15.0 Å². The molecule has 0 radical (unpaired) electrons. The minimum absolute atomic E-state index is 0.626. The number of rotatable bonds is 6. The van der Waals surface area contributed by atoms with Crippen molar-refractivity contribution in [2.45, 2.75) is 0 Å². The molecule has 13 rings (SSSR count). The van der Waals surface area contributed by atoms with Crippen molar-refractivity contribution < 1.29 is 0 Å². The van der Waals surface area contributed by atoms with E-state index >= 15 is 0 Å². The molecule has 0 unspecified atom stereocenters. The van der Waals surface area contributed by atoms with E-state index in [0.29, 0.717) is 17.5 Å². The van der Waals surface area contributed by atoms with Gasteiger partial charge in [-0.15, -0.1) is 22.7 Å². The van der Waals surface area contributed by atoms with Gasteiger partial charge in [-0.05, 0) is 79.7 Å². The van der Waals surface area contributed by atoms with Gasteiger partial charge in [-0.2, -0.15) is 0 Å². The Bertz CT molecular complexity index is 3830. The lowest BCUT2D eigenvalue weighted by Gasteiger charge is -2.22. The molecule has 0 saturated heterocycles. The summed E-state index contributed by atoms with van der Waals surface area (Å²) in [6.07, 6.45) is 0. The third-order valence-electron chi connectivity index (χ3n) is 12.6. The highest BCUT2D eigenvalue weighted by Crippen LogP contribution is 2.49. The van der Waals surface area contributed by atoms with Crippen molar-refractivity contribution in [2.24, 2.45) is 0 Å². The van der Waals surface area contributed by atoms with Crippen LogP contribution >= 0.6 is 22.7 Å². The van der Waals surface area contributed by atoms with E-state index in [1.807, 2.05) is 0 Å². The van der Waals surface area contributed by atoms with Crippen LogP contribution in [-0.4, -0.2) is 15.0 Å². The number of fused-ring (bicyclic) bond motifs is 8. The first-order valence-electron chi connectivity index (χ1n) is 21.5. The molecule has 3 nitrogen and oxygen atoms in total. The predicted molar refractivity (Wildman–Crippen MR) is 273 cm³/mol. The minimum atomic E-state index is 0.626. The molecule has 0 spiro atoms. The molecule has 0 bridgehead atoms. The number of nitrogens with zero attached hydrogens (tertiary/aromatic N) is 3. The molecule has 0 N–H and O–H groups in total. The fraction of sp³-hybridized carbons (Fsp3) is 0. The van der Waals surface area contributed by atoms with E-state index in [9.17, 15) is 0 Å². The van der Waals surface area contributed by atoms with Crippen molar-refractivity contribution in [3.63, 3.8) is 0 Å². The lowest BCUT2D eigenvalue weighted by Crippen LogP contribution is -2.03. The highest BCUT2D eigenvalue weighted by atomic mass is 32.1. The maximum Gasteiger partial charge on any atom is 0.165 e. The smallest absolute Gasteiger partial charge is 0.165 e. The Labute approximate surface area is 377 Å². The molecule has 3 aromatic heterocycles. The molecule has 3 heterocycles. The largest absolute Gasteiger partial charge is 0.208 e. The van der Waals surface area contributed by atoms with Crippen molar-refractivity contribution in [3.8, 4) is 67.5 Å². The van der Waals surface area contributed by atoms with Crippen molar-refractivity contribution in [1.29, 1.82) is 0 Å². The van der Waals surface area contributed by atoms with Crippen molar-refractivity contribution in [1.82, 2.24) is 15.0 Å². The Morgan fingerprint density at radius 2 is 0.656 bits per heavy atom. The molecule has 64 heavy (non-hydrogen) atoms. The number of thiophene rings is 2. The van der Waals surface area contributed by atoms with E-state index in [1.54, 1.807) is 22.7 Å². The molecule has 5 heteroatoms. The van der Waals surface area contributed by atoms with Crippen LogP contribution < -0.4 is 0 Å². The molecule has 0 aliphatic carbocycles. The van der Waals surface area contributed by atoms with Gasteiger partial charge in [0.15, 0.2) is 17.5 Å². The van der Waals surface area contributed by atoms with Crippen molar-refractivity contribution >= 4 is 84.6 Å². The summed E-state index contributed by atoms with van der Waals surface area (Å²) in [5.41, 5.74) is 9.71. The Morgan fingerprint density at radius 3 is 1.25 bits per heavy atom. The summed E-state index contributed by atoms with van der Waals surface area (Å²) in [4.78, 5) is 16.6. The zero-order chi connectivity index (χ0) is 42.1. The molecule has 298 valence electrons. The normalized spacial score (nSPS) is 11.8. The zero-order valence-electron chi connectivity index (χ0n) is 34.4. The van der Waals surface area contributed by atoms with E-state index in [-0.39, 0.29) is 0 Å². The van der Waals surface area contributed by atoms with Crippen LogP contribution in [-0.2, 0) is 0 Å². The summed E-state index contributed by atoms with van der Waals surface area (Å²) in [5, 5.41) is 9.63. The van der Waals surface area contributed by atoms with Gasteiger partial charge in [0.1, 0.15) is 0 Å². The molecule has 0 amide bonds. The molecule has 0 fully saturated rings. The van der Waals surface area contributed by atoms with Gasteiger partial charge >= 0.3 is 0 Å². The van der Waals surface area contributed by atoms with E-state index in [4.69, 9.17) is 15.0 Å². The number of aromatic nitrogens is 3. The van der Waals surface area contributed by atoms with E-state index in [2.05, 4.69) is 212 Å². The first kappa shape index (κ1) is 36.8. The monoisotopic (exact) mass is 849 g/mol. The van der Waals surface area contributed by atoms with Gasteiger partial charge in [-0.1, -0.05) is 182 Å². The second-order valence-corrected chi connectivity index (χ2v) is 18.3. The lowest BCUT2D eigenvalue weighted by molar-refractivity contribution is 1.08. The van der Waals surface area contributed by atoms with Crippen LogP contribution in [0.2, 0.25) is 0 Å². The Kier molecular flexibility index (Phi) is 8.58. The summed E-state index contributed by atoms with van der Waals surface area (Å²) in [6.45, 7) is 0. The first-order valence-corrected chi connectivity index (χ1v) is 23.1. The summed E-state index contributed by atoms with van der Waals surface area (Å²) < 4.78 is 4.81. The van der Waals surface area contributed by atoms with Crippen LogP contribution in [0.15, 0.2) is 212 Å². The molecule has 0 aliphatic rings. The summed E-state index contributed by atoms with van der Waals surface area (Å²) in [7, 11) is 0. The van der Waals surface area contributed by atoms with Crippen LogP contribution in [0.3, 0.4) is 0 Å². The Morgan fingerprint density at radius 1 is 0.250 bits per heavy atom. The SMILES string of the molecule is c1ccc(-c2c(-c3cccc4ccccc34)ccc(-c3nc(-c4cccc5c4sc4ccccc45)nc(-c4cccc5c4sc4ccccc45)n3)c2-c2cccc3ccccc23)cc1. The summed E-state index contributed by atoms with van der Waals surface area (Å²) >= 11 is 3.59. The summed E-state index contributed by atoms with van der Waals surface area (Å²) in [6, 6.07) is 76.4. The van der Waals surface area contributed by atoms with Gasteiger partial charge in [0.25, 0.3) is 0 Å². The van der Waals surface area contributed by atoms with Crippen LogP contribution in [0.4, 0.5) is 0 Å². The van der Waals surface area contributed by atoms with Gasteiger partial charge in [0, 0.05) is 62.6 Å². The second kappa shape index (κ2) is 14.9. The maximum absolute atomic E-state index is 5.58. The topological polar surface area (TPSA) is 38.7 Å². The van der Waals surface area contributed by atoms with Crippen molar-refractivity contribution in [3.05, 3.63) is 212 Å². The maximum atomic E-state index is 5.58. The molecule has 10 aromatic carbocycles. The van der Waals surface area contributed by atoms with Crippen LogP contribution in [0.5, 0.6) is 0 Å². The molecule has 13 aromatic rings. The third kappa shape index (κ3) is 5.90. The quantitative estimate of drug-likeness (QED) is 0.167. The van der Waals surface area contributed by atoms with Gasteiger partial charge in [-0.3, -0.25) is 0 Å². The molecule has 0 atom stereocenters. The zero-order valence-corrected chi connectivity index (χ0v) is 36.0. The average molecular weight is 850 g/mol. The van der Waals surface area contributed by atoms with Crippen LogP contribution in [0, 0.1) is 0 Å². The predicted octanol–water partition coefficient (Wildman–Crippen LogP) is 16.9. The second-order valence-electron chi connectivity index (χ2n) is 16.2. The standard InChI is InChI=1S/C59H35N3S2/c1-2-18-38(19-3-1)53-45(41-26-12-20-36-16-4-6-22-39(36)41)34-35-48(54(53)44-27-13-21-37-17-5-7-23-40(37)44)57-60-58(49-30-14-28-46-42-24-8-10-32-51(42)63-55(46)49)62-59(61-57)50-31-15-29-47-43-25-9-11-33-52(43)64-56(47)50/h1-35H. The number of hydrogen-bond donors (Lipinski definition) is 0. The van der Waals surface area contributed by atoms with E-state index in [0.717, 1.165) is 59.3 Å². The van der Waals surface area contributed by atoms with Gasteiger partial charge < -0.3 is 0 Å². The molecular weight excluding hydrogens is 815 g/mol. The highest BCUT2D eigenvalue weighted by molar-refractivity contribution is 7.26. The summed E-state index contributed by atoms with van der Waals surface area (Å²) in [5.74, 6) is 1.93. The molecule has 0 saturated carbocycles. The fourth-order valence-corrected chi connectivity index (χ4v) is 12.1. The fourth-order valence-electron chi connectivity index (χ4n) is 9.69. The Hall–Kier alpha value is -7.83. The highest BCUT2D eigenvalue weighted by Gasteiger charge is 2.25. The molecular formula is C59H35N3S2. The average Bonchev–Trinajstić information content (AvgIpc) is 3.95. The first-order chi connectivity index (χ1) is 31.7. The van der Waals surface area contributed by atoms with Gasteiger partial charge in [0.05, 0.1) is 0 Å². The van der Waals surface area contributed by atoms with Crippen molar-refractivity contribution in [2.75, 3.05) is 0 Å². The van der Waals surface area contributed by atoms with E-state index < -0.39 is 0 Å². The van der Waals surface area contributed by atoms with Crippen LogP contribution in [0.1, 0.15) is 0 Å². The number of hydrogen-bond acceptors (Lipinski definition) is 5. The third-order valence-corrected chi connectivity index (χ3v) is 15.0. The Balaban J connectivity index is 1.17. The number of benzene rings is 10. The van der Waals surface area contributed by atoms with Gasteiger partial charge in [0.2, 0.25) is 0 Å². The molecule has 0 aliphatic heterocycles. The van der Waals surface area contributed by atoms with E-state index in [1.165, 1.54) is 52.7 Å².